The summed E-state index contributed by atoms with van der Waals surface area (Å²) in [6.45, 7) is 0.843. The molecule has 0 fully saturated rings. The molecule has 1 atom stereocenters. The van der Waals surface area contributed by atoms with Crippen LogP contribution in [0.25, 0.3) is 0 Å². The first-order valence-corrected chi connectivity index (χ1v) is 7.67. The number of nitrogens with one attached hydrogen (secondary N) is 1. The van der Waals surface area contributed by atoms with Crippen LogP contribution in [0.2, 0.25) is 10.0 Å². The molecule has 0 aromatic heterocycles. The minimum absolute atomic E-state index is 0.194. The van der Waals surface area contributed by atoms with Crippen molar-refractivity contribution >= 4 is 23.2 Å². The van der Waals surface area contributed by atoms with E-state index in [9.17, 15) is 4.39 Å². The van der Waals surface area contributed by atoms with Crippen LogP contribution in [0.15, 0.2) is 42.5 Å². The van der Waals surface area contributed by atoms with Gasteiger partial charge < -0.3 is 5.32 Å². The van der Waals surface area contributed by atoms with E-state index in [-0.39, 0.29) is 5.82 Å². The molecule has 1 N–H and O–H groups in total. The fourth-order valence-electron chi connectivity index (χ4n) is 2.50. The van der Waals surface area contributed by atoms with Crippen molar-refractivity contribution in [3.63, 3.8) is 0 Å². The topological polar surface area (TPSA) is 12.0 Å². The average Bonchev–Trinajstić information content (AvgIpc) is 2.42. The van der Waals surface area contributed by atoms with E-state index >= 15 is 0 Å². The zero-order chi connectivity index (χ0) is 15.2. The van der Waals surface area contributed by atoms with Gasteiger partial charge in [0.2, 0.25) is 0 Å². The summed E-state index contributed by atoms with van der Waals surface area (Å²) < 4.78 is 13.3. The van der Waals surface area contributed by atoms with Gasteiger partial charge in [0.25, 0.3) is 0 Å². The van der Waals surface area contributed by atoms with Crippen LogP contribution >= 0.6 is 23.2 Å². The maximum Gasteiger partial charge on any atom is 0.123 e. The van der Waals surface area contributed by atoms with Crippen LogP contribution in [0.5, 0.6) is 0 Å². The number of hydrogen-bond donors (Lipinski definition) is 1. The van der Waals surface area contributed by atoms with Gasteiger partial charge in [0.15, 0.2) is 0 Å². The summed E-state index contributed by atoms with van der Waals surface area (Å²) in [6.07, 6.45) is 1.63. The highest BCUT2D eigenvalue weighted by atomic mass is 35.5. The maximum absolute atomic E-state index is 13.3. The SMILES string of the molecule is CNCC(Cc1cccc(F)c1)Cc1ccc(Cl)cc1Cl. The van der Waals surface area contributed by atoms with E-state index in [0.717, 1.165) is 30.5 Å². The van der Waals surface area contributed by atoms with E-state index in [2.05, 4.69) is 5.32 Å². The van der Waals surface area contributed by atoms with Crippen molar-refractivity contribution in [3.8, 4) is 0 Å². The second kappa shape index (κ2) is 7.79. The molecule has 0 aliphatic rings. The van der Waals surface area contributed by atoms with Gasteiger partial charge in [0.1, 0.15) is 5.82 Å². The van der Waals surface area contributed by atoms with Gasteiger partial charge in [-0.2, -0.15) is 0 Å². The van der Waals surface area contributed by atoms with Crippen molar-refractivity contribution in [3.05, 3.63) is 69.5 Å². The third-order valence-electron chi connectivity index (χ3n) is 3.43. The molecule has 2 aromatic rings. The highest BCUT2D eigenvalue weighted by Crippen LogP contribution is 2.24. The highest BCUT2D eigenvalue weighted by Gasteiger charge is 2.13. The molecule has 0 heterocycles. The van der Waals surface area contributed by atoms with E-state index in [1.165, 1.54) is 6.07 Å². The Morgan fingerprint density at radius 1 is 1.10 bits per heavy atom. The summed E-state index contributed by atoms with van der Waals surface area (Å²) in [5, 5.41) is 4.51. The third-order valence-corrected chi connectivity index (χ3v) is 4.02. The van der Waals surface area contributed by atoms with Crippen LogP contribution < -0.4 is 5.32 Å². The Morgan fingerprint density at radius 3 is 2.57 bits per heavy atom. The van der Waals surface area contributed by atoms with Crippen LogP contribution in [0, 0.1) is 11.7 Å². The highest BCUT2D eigenvalue weighted by molar-refractivity contribution is 6.35. The lowest BCUT2D eigenvalue weighted by molar-refractivity contribution is 0.492. The van der Waals surface area contributed by atoms with Gasteiger partial charge in [0, 0.05) is 10.0 Å². The van der Waals surface area contributed by atoms with Crippen LogP contribution in [0.3, 0.4) is 0 Å². The Labute approximate surface area is 135 Å². The molecule has 1 unspecified atom stereocenters. The molecule has 0 saturated carbocycles. The number of hydrogen-bond acceptors (Lipinski definition) is 1. The van der Waals surface area contributed by atoms with Crippen molar-refractivity contribution < 1.29 is 4.39 Å². The average molecular weight is 326 g/mol. The number of halogens is 3. The Morgan fingerprint density at radius 2 is 1.90 bits per heavy atom. The molecule has 0 saturated heterocycles. The first kappa shape index (κ1) is 16.3. The summed E-state index contributed by atoms with van der Waals surface area (Å²) in [5.41, 5.74) is 2.07. The molecule has 0 bridgehead atoms. The summed E-state index contributed by atoms with van der Waals surface area (Å²) in [4.78, 5) is 0. The van der Waals surface area contributed by atoms with Gasteiger partial charge in [-0.25, -0.2) is 4.39 Å². The summed E-state index contributed by atoms with van der Waals surface area (Å²) in [5.74, 6) is 0.149. The molecular formula is C17H18Cl2FN. The van der Waals surface area contributed by atoms with E-state index in [1.54, 1.807) is 18.2 Å². The zero-order valence-corrected chi connectivity index (χ0v) is 13.4. The second-order valence-corrected chi connectivity index (χ2v) is 6.04. The zero-order valence-electron chi connectivity index (χ0n) is 11.9. The van der Waals surface area contributed by atoms with Crippen molar-refractivity contribution in [1.82, 2.24) is 5.32 Å². The molecule has 0 aliphatic heterocycles. The molecule has 4 heteroatoms. The van der Waals surface area contributed by atoms with E-state index in [4.69, 9.17) is 23.2 Å². The Kier molecular flexibility index (Phi) is 6.04. The Hall–Kier alpha value is -1.09. The molecule has 0 radical (unpaired) electrons. The van der Waals surface area contributed by atoms with Crippen LogP contribution in [-0.4, -0.2) is 13.6 Å². The van der Waals surface area contributed by atoms with Crippen LogP contribution in [-0.2, 0) is 12.8 Å². The fraction of sp³-hybridized carbons (Fsp3) is 0.294. The van der Waals surface area contributed by atoms with Crippen LogP contribution in [0.4, 0.5) is 4.39 Å². The molecule has 0 spiro atoms. The lowest BCUT2D eigenvalue weighted by Crippen LogP contribution is -2.23. The Balaban J connectivity index is 2.11. The van der Waals surface area contributed by atoms with Gasteiger partial charge in [-0.05, 0) is 67.7 Å². The van der Waals surface area contributed by atoms with Gasteiger partial charge in [-0.3, -0.25) is 0 Å². The first-order valence-electron chi connectivity index (χ1n) is 6.91. The van der Waals surface area contributed by atoms with Gasteiger partial charge in [0.05, 0.1) is 0 Å². The lowest BCUT2D eigenvalue weighted by Gasteiger charge is -2.18. The summed E-state index contributed by atoms with van der Waals surface area (Å²) in [7, 11) is 1.92. The number of rotatable bonds is 6. The van der Waals surface area contributed by atoms with E-state index in [0.29, 0.717) is 16.0 Å². The molecule has 1 nitrogen and oxygen atoms in total. The van der Waals surface area contributed by atoms with Crippen molar-refractivity contribution in [2.45, 2.75) is 12.8 Å². The van der Waals surface area contributed by atoms with Crippen molar-refractivity contribution in [2.75, 3.05) is 13.6 Å². The molecular weight excluding hydrogens is 308 g/mol. The fourth-order valence-corrected chi connectivity index (χ4v) is 2.99. The molecule has 0 amide bonds. The molecule has 112 valence electrons. The van der Waals surface area contributed by atoms with E-state index < -0.39 is 0 Å². The largest absolute Gasteiger partial charge is 0.319 e. The van der Waals surface area contributed by atoms with Gasteiger partial charge in [-0.1, -0.05) is 41.4 Å². The minimum atomic E-state index is -0.194. The first-order chi connectivity index (χ1) is 10.1. The minimum Gasteiger partial charge on any atom is -0.319 e. The second-order valence-electron chi connectivity index (χ2n) is 5.20. The standard InChI is InChI=1S/C17H18Cl2FN/c1-21-11-13(7-12-3-2-4-16(20)9-12)8-14-5-6-15(18)10-17(14)19/h2-6,9-10,13,21H,7-8,11H2,1H3. The summed E-state index contributed by atoms with van der Waals surface area (Å²) >= 11 is 12.2. The maximum atomic E-state index is 13.3. The van der Waals surface area contributed by atoms with Gasteiger partial charge in [-0.15, -0.1) is 0 Å². The molecule has 2 aromatic carbocycles. The quantitative estimate of drug-likeness (QED) is 0.807. The van der Waals surface area contributed by atoms with Crippen LogP contribution in [0.1, 0.15) is 11.1 Å². The molecule has 21 heavy (non-hydrogen) atoms. The van der Waals surface area contributed by atoms with Gasteiger partial charge >= 0.3 is 0 Å². The number of benzene rings is 2. The lowest BCUT2D eigenvalue weighted by atomic mass is 9.92. The third kappa shape index (κ3) is 4.99. The summed E-state index contributed by atoms with van der Waals surface area (Å²) in [6, 6.07) is 12.3. The smallest absolute Gasteiger partial charge is 0.123 e. The monoisotopic (exact) mass is 325 g/mol. The predicted octanol–water partition coefficient (Wildman–Crippen LogP) is 4.75. The van der Waals surface area contributed by atoms with Crippen molar-refractivity contribution in [2.24, 2.45) is 5.92 Å². The Bertz CT molecular complexity index is 601. The predicted molar refractivity (Wildman–Crippen MR) is 87.7 cm³/mol. The molecule has 2 rings (SSSR count). The normalized spacial score (nSPS) is 12.4. The van der Waals surface area contributed by atoms with Crippen molar-refractivity contribution in [1.29, 1.82) is 0 Å². The molecule has 0 aliphatic carbocycles. The van der Waals surface area contributed by atoms with E-state index in [1.807, 2.05) is 25.2 Å².